The number of hydrogen-bond donors (Lipinski definition) is 1. The molecule has 1 atom stereocenters. The number of likely N-dealkylation sites (tertiary alicyclic amines) is 1. The van der Waals surface area contributed by atoms with Crippen molar-refractivity contribution in [1.29, 1.82) is 0 Å². The van der Waals surface area contributed by atoms with Gasteiger partial charge in [0.1, 0.15) is 12.4 Å². The van der Waals surface area contributed by atoms with Crippen molar-refractivity contribution in [3.8, 4) is 5.75 Å². The fourth-order valence-electron chi connectivity index (χ4n) is 3.28. The smallest absolute Gasteiger partial charge is 0.254 e. The molecule has 3 rings (SSSR count). The summed E-state index contributed by atoms with van der Waals surface area (Å²) in [6.45, 7) is 4.34. The highest BCUT2D eigenvalue weighted by molar-refractivity contribution is 7.07. The Morgan fingerprint density at radius 3 is 3.07 bits per heavy atom. The van der Waals surface area contributed by atoms with E-state index in [9.17, 15) is 9.59 Å². The van der Waals surface area contributed by atoms with E-state index in [1.54, 1.807) is 22.5 Å². The molecule has 1 saturated heterocycles. The van der Waals surface area contributed by atoms with Crippen LogP contribution in [0, 0.1) is 5.92 Å². The largest absolute Gasteiger partial charge is 0.487 e. The van der Waals surface area contributed by atoms with Crippen molar-refractivity contribution in [1.82, 2.24) is 15.2 Å². The van der Waals surface area contributed by atoms with E-state index < -0.39 is 0 Å². The number of amides is 2. The Morgan fingerprint density at radius 1 is 1.39 bits per heavy atom. The molecule has 0 aliphatic carbocycles. The van der Waals surface area contributed by atoms with Gasteiger partial charge in [0.15, 0.2) is 0 Å². The second-order valence-electron chi connectivity index (χ2n) is 7.03. The van der Waals surface area contributed by atoms with Crippen LogP contribution in [0.2, 0.25) is 0 Å². The number of thiazole rings is 1. The predicted octanol–water partition coefficient (Wildman–Crippen LogP) is 3.49. The maximum Gasteiger partial charge on any atom is 0.254 e. The fourth-order valence-corrected chi connectivity index (χ4v) is 3.82. The lowest BCUT2D eigenvalue weighted by Crippen LogP contribution is -2.45. The first-order chi connectivity index (χ1) is 13.7. The summed E-state index contributed by atoms with van der Waals surface area (Å²) >= 11 is 1.53. The van der Waals surface area contributed by atoms with E-state index in [0.717, 1.165) is 31.4 Å². The molecule has 2 aromatic rings. The van der Waals surface area contributed by atoms with Crippen molar-refractivity contribution in [3.05, 3.63) is 46.4 Å². The van der Waals surface area contributed by atoms with Crippen LogP contribution in [0.15, 0.2) is 35.2 Å². The number of nitrogens with zero attached hydrogens (tertiary/aromatic N) is 2. The molecule has 0 radical (unpaired) electrons. The molecule has 2 heterocycles. The third-order valence-electron chi connectivity index (χ3n) is 4.86. The topological polar surface area (TPSA) is 71.5 Å². The van der Waals surface area contributed by atoms with Gasteiger partial charge in [0.2, 0.25) is 5.91 Å². The number of unbranched alkanes of at least 4 members (excludes halogenated alkanes) is 1. The van der Waals surface area contributed by atoms with Gasteiger partial charge in [0.05, 0.1) is 17.1 Å². The summed E-state index contributed by atoms with van der Waals surface area (Å²) in [6, 6.07) is 7.22. The molecule has 1 unspecified atom stereocenters. The molecule has 7 heteroatoms. The van der Waals surface area contributed by atoms with Crippen molar-refractivity contribution < 1.29 is 14.3 Å². The summed E-state index contributed by atoms with van der Waals surface area (Å²) in [7, 11) is 0. The average Bonchev–Trinajstić information content (AvgIpc) is 3.26. The molecule has 1 aromatic carbocycles. The Kier molecular flexibility index (Phi) is 7.42. The standard InChI is InChI=1S/C21H27N3O3S/c1-2-3-9-22-20(25)17-7-5-10-24(12-17)21(26)16-6-4-8-19(11-16)27-13-18-14-28-15-23-18/h4,6,8,11,14-15,17H,2-3,5,7,9-10,12-13H2,1H3,(H,22,25). The summed E-state index contributed by atoms with van der Waals surface area (Å²) in [5.74, 6) is 0.528. The fraction of sp³-hybridized carbons (Fsp3) is 0.476. The van der Waals surface area contributed by atoms with Crippen LogP contribution in [-0.2, 0) is 11.4 Å². The lowest BCUT2D eigenvalue weighted by atomic mass is 9.96. The van der Waals surface area contributed by atoms with Crippen LogP contribution in [0.5, 0.6) is 5.75 Å². The number of piperidine rings is 1. The van der Waals surface area contributed by atoms with Gasteiger partial charge in [0, 0.05) is 30.6 Å². The van der Waals surface area contributed by atoms with Crippen molar-refractivity contribution in [2.45, 2.75) is 39.2 Å². The van der Waals surface area contributed by atoms with Gasteiger partial charge in [-0.2, -0.15) is 0 Å². The van der Waals surface area contributed by atoms with Gasteiger partial charge < -0.3 is 15.0 Å². The first-order valence-electron chi connectivity index (χ1n) is 9.84. The quantitative estimate of drug-likeness (QED) is 0.688. The monoisotopic (exact) mass is 401 g/mol. The predicted molar refractivity (Wildman–Crippen MR) is 109 cm³/mol. The van der Waals surface area contributed by atoms with Crippen molar-refractivity contribution in [2.24, 2.45) is 5.92 Å². The Balaban J connectivity index is 1.58. The molecule has 6 nitrogen and oxygen atoms in total. The third-order valence-corrected chi connectivity index (χ3v) is 5.50. The van der Waals surface area contributed by atoms with Crippen LogP contribution in [0.25, 0.3) is 0 Å². The summed E-state index contributed by atoms with van der Waals surface area (Å²) in [5.41, 5.74) is 3.22. The summed E-state index contributed by atoms with van der Waals surface area (Å²) in [5, 5.41) is 4.93. The van der Waals surface area contributed by atoms with Crippen molar-refractivity contribution in [3.63, 3.8) is 0 Å². The molecule has 1 fully saturated rings. The highest BCUT2D eigenvalue weighted by Gasteiger charge is 2.28. The zero-order chi connectivity index (χ0) is 19.8. The normalized spacial score (nSPS) is 16.6. The van der Waals surface area contributed by atoms with E-state index in [-0.39, 0.29) is 17.7 Å². The minimum atomic E-state index is -0.126. The van der Waals surface area contributed by atoms with Gasteiger partial charge in [-0.15, -0.1) is 11.3 Å². The molecular weight excluding hydrogens is 374 g/mol. The molecule has 2 amide bonds. The first kappa shape index (κ1) is 20.3. The number of hydrogen-bond acceptors (Lipinski definition) is 5. The number of rotatable bonds is 8. The number of carbonyl (C=O) groups excluding carboxylic acids is 2. The Bertz CT molecular complexity index is 779. The van der Waals surface area contributed by atoms with E-state index in [1.807, 2.05) is 17.5 Å². The molecule has 28 heavy (non-hydrogen) atoms. The van der Waals surface area contributed by atoms with E-state index in [2.05, 4.69) is 17.2 Å². The lowest BCUT2D eigenvalue weighted by molar-refractivity contribution is -0.126. The zero-order valence-electron chi connectivity index (χ0n) is 16.2. The second-order valence-corrected chi connectivity index (χ2v) is 7.75. The van der Waals surface area contributed by atoms with Crippen LogP contribution in [0.3, 0.4) is 0 Å². The summed E-state index contributed by atoms with van der Waals surface area (Å²) in [4.78, 5) is 31.3. The van der Waals surface area contributed by atoms with Crippen LogP contribution in [-0.4, -0.2) is 41.3 Å². The average molecular weight is 402 g/mol. The maximum atomic E-state index is 12.9. The minimum Gasteiger partial charge on any atom is -0.487 e. The van der Waals surface area contributed by atoms with Crippen LogP contribution < -0.4 is 10.1 Å². The van der Waals surface area contributed by atoms with Crippen LogP contribution in [0.4, 0.5) is 0 Å². The van der Waals surface area contributed by atoms with Crippen LogP contribution in [0.1, 0.15) is 48.7 Å². The second kappa shape index (κ2) is 10.2. The molecule has 1 aliphatic heterocycles. The van der Waals surface area contributed by atoms with Gasteiger partial charge in [-0.3, -0.25) is 9.59 Å². The van der Waals surface area contributed by atoms with Crippen LogP contribution >= 0.6 is 11.3 Å². The van der Waals surface area contributed by atoms with Gasteiger partial charge in [0.25, 0.3) is 5.91 Å². The maximum absolute atomic E-state index is 12.9. The molecule has 1 aliphatic rings. The molecule has 1 aromatic heterocycles. The van der Waals surface area contributed by atoms with E-state index >= 15 is 0 Å². The third kappa shape index (κ3) is 5.55. The Hall–Kier alpha value is -2.41. The zero-order valence-corrected chi connectivity index (χ0v) is 17.0. The Labute approximate surface area is 169 Å². The minimum absolute atomic E-state index is 0.0508. The highest BCUT2D eigenvalue weighted by atomic mass is 32.1. The number of benzene rings is 1. The van der Waals surface area contributed by atoms with Gasteiger partial charge in [-0.05, 0) is 37.5 Å². The van der Waals surface area contributed by atoms with Crippen molar-refractivity contribution >= 4 is 23.2 Å². The lowest BCUT2D eigenvalue weighted by Gasteiger charge is -2.32. The van der Waals surface area contributed by atoms with E-state index in [0.29, 0.717) is 37.6 Å². The molecule has 0 bridgehead atoms. The first-order valence-corrected chi connectivity index (χ1v) is 10.8. The molecule has 0 spiro atoms. The number of nitrogens with one attached hydrogen (secondary N) is 1. The van der Waals surface area contributed by atoms with Gasteiger partial charge >= 0.3 is 0 Å². The number of aromatic nitrogens is 1. The molecular formula is C21H27N3O3S. The SMILES string of the molecule is CCCCNC(=O)C1CCCN(C(=O)c2cccc(OCc3cscn3)c2)C1. The molecule has 1 N–H and O–H groups in total. The molecule has 150 valence electrons. The van der Waals surface area contributed by atoms with E-state index in [4.69, 9.17) is 4.74 Å². The summed E-state index contributed by atoms with van der Waals surface area (Å²) < 4.78 is 5.75. The molecule has 0 saturated carbocycles. The van der Waals surface area contributed by atoms with E-state index in [1.165, 1.54) is 11.3 Å². The number of carbonyl (C=O) groups is 2. The Morgan fingerprint density at radius 2 is 2.29 bits per heavy atom. The number of ether oxygens (including phenoxy) is 1. The van der Waals surface area contributed by atoms with Crippen molar-refractivity contribution in [2.75, 3.05) is 19.6 Å². The van der Waals surface area contributed by atoms with Gasteiger partial charge in [-0.1, -0.05) is 19.4 Å². The highest BCUT2D eigenvalue weighted by Crippen LogP contribution is 2.21. The summed E-state index contributed by atoms with van der Waals surface area (Å²) in [6.07, 6.45) is 3.71. The van der Waals surface area contributed by atoms with Gasteiger partial charge in [-0.25, -0.2) is 4.98 Å².